The second kappa shape index (κ2) is 8.74. The van der Waals surface area contributed by atoms with Crippen molar-refractivity contribution < 1.29 is 18.8 Å². The summed E-state index contributed by atoms with van der Waals surface area (Å²) < 4.78 is 12.8. The summed E-state index contributed by atoms with van der Waals surface area (Å²) >= 11 is 0. The summed E-state index contributed by atoms with van der Waals surface area (Å²) in [5, 5.41) is 0. The average molecular weight is 388 g/mol. The molecule has 29 heavy (non-hydrogen) atoms. The van der Waals surface area contributed by atoms with Gasteiger partial charge in [-0.2, -0.15) is 0 Å². The van der Waals surface area contributed by atoms with Crippen LogP contribution in [0.4, 0.5) is 0 Å². The highest BCUT2D eigenvalue weighted by atomic mass is 16.5. The Morgan fingerprint density at radius 1 is 0.966 bits per heavy atom. The lowest BCUT2D eigenvalue weighted by Crippen LogP contribution is -2.33. The third-order valence-electron chi connectivity index (χ3n) is 4.99. The molecular formula is C25H26NO3+. The van der Waals surface area contributed by atoms with Crippen molar-refractivity contribution in [2.24, 2.45) is 0 Å². The molecule has 0 N–H and O–H groups in total. The summed E-state index contributed by atoms with van der Waals surface area (Å²) in [6.07, 6.45) is 6.65. The number of allylic oxidation sites excluding steroid dienone is 1. The van der Waals surface area contributed by atoms with E-state index in [0.717, 1.165) is 23.2 Å². The number of Topliss-reactive ketones (excluding diaryl/α,β-unsaturated/α-hetero) is 1. The second-order valence-electron chi connectivity index (χ2n) is 6.83. The molecule has 3 aromatic rings. The first-order valence-electron chi connectivity index (χ1n) is 9.21. The summed E-state index contributed by atoms with van der Waals surface area (Å²) in [5.74, 6) is 1.28. The molecule has 0 amide bonds. The summed E-state index contributed by atoms with van der Waals surface area (Å²) in [5.41, 5.74) is 4.72. The summed E-state index contributed by atoms with van der Waals surface area (Å²) in [4.78, 5) is 12.8. The predicted octanol–water partition coefficient (Wildman–Crippen LogP) is 4.50. The molecule has 0 fully saturated rings. The van der Waals surface area contributed by atoms with E-state index in [1.54, 1.807) is 20.3 Å². The normalized spacial score (nSPS) is 13.7. The van der Waals surface area contributed by atoms with Crippen LogP contribution in [0.25, 0.3) is 6.08 Å². The number of benzene rings is 2. The van der Waals surface area contributed by atoms with Crippen LogP contribution in [0.5, 0.6) is 11.5 Å². The number of ether oxygens (including phenoxy) is 2. The van der Waals surface area contributed by atoms with Crippen molar-refractivity contribution in [2.75, 3.05) is 14.2 Å². The van der Waals surface area contributed by atoms with Crippen LogP contribution in [0.2, 0.25) is 0 Å². The van der Waals surface area contributed by atoms with Crippen molar-refractivity contribution in [2.45, 2.75) is 20.4 Å². The predicted molar refractivity (Wildman–Crippen MR) is 114 cm³/mol. The number of pyridine rings is 1. The SMILES string of the molecule is C.COc1cc2c(cc1OC)C(=O)C(=Cc1cc[n+](Cc3ccccc3)cc1)C2. The van der Waals surface area contributed by atoms with Gasteiger partial charge in [-0.25, -0.2) is 4.57 Å². The zero-order valence-corrected chi connectivity index (χ0v) is 16.0. The molecule has 1 aliphatic carbocycles. The molecule has 0 atom stereocenters. The fourth-order valence-corrected chi connectivity index (χ4v) is 3.52. The standard InChI is InChI=1S/C24H22NO3.CH4/c1-27-22-14-19-13-20(24(26)21(19)15-23(22)28-2)12-17-8-10-25(11-9-17)16-18-6-4-3-5-7-18;/h3-12,14-15H,13,16H2,1-2H3;1H4/q+1;. The third kappa shape index (κ3) is 4.21. The van der Waals surface area contributed by atoms with Crippen LogP contribution < -0.4 is 14.0 Å². The highest BCUT2D eigenvalue weighted by molar-refractivity contribution is 6.15. The van der Waals surface area contributed by atoms with Gasteiger partial charge in [0.05, 0.1) is 14.2 Å². The Morgan fingerprint density at radius 2 is 1.62 bits per heavy atom. The number of methoxy groups -OCH3 is 2. The molecule has 2 aromatic carbocycles. The van der Waals surface area contributed by atoms with Crippen LogP contribution in [0.3, 0.4) is 0 Å². The van der Waals surface area contributed by atoms with Crippen LogP contribution >= 0.6 is 0 Å². The fraction of sp³-hybridized carbons (Fsp3) is 0.200. The van der Waals surface area contributed by atoms with Crippen LogP contribution in [0, 0.1) is 0 Å². The quantitative estimate of drug-likeness (QED) is 0.477. The molecular weight excluding hydrogens is 362 g/mol. The van der Waals surface area contributed by atoms with E-state index >= 15 is 0 Å². The van der Waals surface area contributed by atoms with Gasteiger partial charge in [0, 0.05) is 35.3 Å². The molecule has 0 spiro atoms. The summed E-state index contributed by atoms with van der Waals surface area (Å²) in [6, 6.07) is 18.1. The minimum absolute atomic E-state index is 0. The van der Waals surface area contributed by atoms with Crippen LogP contribution in [-0.2, 0) is 13.0 Å². The topological polar surface area (TPSA) is 39.4 Å². The lowest BCUT2D eigenvalue weighted by atomic mass is 10.1. The Bertz CT molecular complexity index is 1040. The van der Waals surface area contributed by atoms with Gasteiger partial charge in [0.1, 0.15) is 0 Å². The molecule has 4 rings (SSSR count). The Morgan fingerprint density at radius 3 is 2.28 bits per heavy atom. The number of fused-ring (bicyclic) bond motifs is 1. The fourth-order valence-electron chi connectivity index (χ4n) is 3.52. The first-order chi connectivity index (χ1) is 13.7. The highest BCUT2D eigenvalue weighted by Gasteiger charge is 2.27. The third-order valence-corrected chi connectivity index (χ3v) is 4.99. The smallest absolute Gasteiger partial charge is 0.189 e. The number of ketones is 1. The molecule has 1 heterocycles. The molecule has 0 aliphatic heterocycles. The minimum Gasteiger partial charge on any atom is -0.493 e. The number of hydrogen-bond acceptors (Lipinski definition) is 3. The largest absolute Gasteiger partial charge is 0.493 e. The monoisotopic (exact) mass is 388 g/mol. The van der Waals surface area contributed by atoms with Gasteiger partial charge in [-0.05, 0) is 29.3 Å². The lowest BCUT2D eigenvalue weighted by molar-refractivity contribution is -0.688. The van der Waals surface area contributed by atoms with Gasteiger partial charge >= 0.3 is 0 Å². The van der Waals surface area contributed by atoms with Gasteiger partial charge in [-0.1, -0.05) is 37.8 Å². The first-order valence-corrected chi connectivity index (χ1v) is 9.21. The molecule has 0 radical (unpaired) electrons. The van der Waals surface area contributed by atoms with Gasteiger partial charge in [0.25, 0.3) is 0 Å². The van der Waals surface area contributed by atoms with Crippen molar-refractivity contribution in [3.8, 4) is 11.5 Å². The molecule has 0 bridgehead atoms. The maximum atomic E-state index is 12.8. The molecule has 1 aromatic heterocycles. The van der Waals surface area contributed by atoms with E-state index in [-0.39, 0.29) is 13.2 Å². The molecule has 4 heteroatoms. The van der Waals surface area contributed by atoms with Gasteiger partial charge in [-0.15, -0.1) is 0 Å². The van der Waals surface area contributed by atoms with Crippen LogP contribution in [-0.4, -0.2) is 20.0 Å². The van der Waals surface area contributed by atoms with Gasteiger partial charge in [0.2, 0.25) is 0 Å². The molecule has 0 saturated heterocycles. The van der Waals surface area contributed by atoms with E-state index in [1.807, 2.05) is 54.9 Å². The Kier molecular flexibility index (Phi) is 6.13. The van der Waals surface area contributed by atoms with Crippen LogP contribution in [0.15, 0.2) is 72.6 Å². The lowest BCUT2D eigenvalue weighted by Gasteiger charge is -2.08. The summed E-state index contributed by atoms with van der Waals surface area (Å²) in [6.45, 7) is 0.821. The van der Waals surface area contributed by atoms with E-state index in [4.69, 9.17) is 9.47 Å². The number of carbonyl (C=O) groups excluding carboxylic acids is 1. The zero-order valence-electron chi connectivity index (χ0n) is 16.0. The van der Waals surface area contributed by atoms with Gasteiger partial charge in [-0.3, -0.25) is 4.79 Å². The second-order valence-corrected chi connectivity index (χ2v) is 6.83. The molecule has 1 aliphatic rings. The Balaban J connectivity index is 0.00000240. The molecule has 4 nitrogen and oxygen atoms in total. The van der Waals surface area contributed by atoms with E-state index < -0.39 is 0 Å². The molecule has 0 unspecified atom stereocenters. The average Bonchev–Trinajstić information content (AvgIpc) is 3.03. The van der Waals surface area contributed by atoms with E-state index in [1.165, 1.54) is 5.56 Å². The summed E-state index contributed by atoms with van der Waals surface area (Å²) in [7, 11) is 3.18. The Labute approximate surface area is 172 Å². The van der Waals surface area contributed by atoms with Crippen molar-refractivity contribution in [1.82, 2.24) is 0 Å². The molecule has 0 saturated carbocycles. The van der Waals surface area contributed by atoms with Crippen molar-refractivity contribution in [1.29, 1.82) is 0 Å². The van der Waals surface area contributed by atoms with Gasteiger partial charge in [0.15, 0.2) is 36.2 Å². The Hall–Kier alpha value is -3.40. The molecule has 148 valence electrons. The number of hydrogen-bond donors (Lipinski definition) is 0. The minimum atomic E-state index is 0. The van der Waals surface area contributed by atoms with Crippen LogP contribution in [0.1, 0.15) is 34.5 Å². The maximum Gasteiger partial charge on any atom is 0.189 e. The van der Waals surface area contributed by atoms with E-state index in [9.17, 15) is 4.79 Å². The van der Waals surface area contributed by atoms with E-state index in [2.05, 4.69) is 16.7 Å². The zero-order chi connectivity index (χ0) is 19.5. The first kappa shape index (κ1) is 20.3. The number of rotatable bonds is 5. The van der Waals surface area contributed by atoms with Crippen molar-refractivity contribution in [3.05, 3.63) is 94.8 Å². The van der Waals surface area contributed by atoms with Crippen molar-refractivity contribution >= 4 is 11.9 Å². The van der Waals surface area contributed by atoms with E-state index in [0.29, 0.717) is 23.5 Å². The maximum absolute atomic E-state index is 12.8. The van der Waals surface area contributed by atoms with Gasteiger partial charge < -0.3 is 9.47 Å². The highest BCUT2D eigenvalue weighted by Crippen LogP contribution is 2.36. The van der Waals surface area contributed by atoms with Crippen molar-refractivity contribution in [3.63, 3.8) is 0 Å². The number of nitrogens with zero attached hydrogens (tertiary/aromatic N) is 1. The number of carbonyl (C=O) groups is 1. The number of aromatic nitrogens is 1.